The lowest BCUT2D eigenvalue weighted by Crippen LogP contribution is -2.26. The molecule has 1 unspecified atom stereocenters. The normalized spacial score (nSPS) is 21.2. The minimum Gasteiger partial charge on any atom is -0.383 e. The van der Waals surface area contributed by atoms with Crippen LogP contribution in [0.2, 0.25) is 5.02 Å². The number of anilines is 1. The molecule has 1 aromatic carbocycles. The third kappa shape index (κ3) is 3.13. The van der Waals surface area contributed by atoms with Gasteiger partial charge in [0.1, 0.15) is 0 Å². The van der Waals surface area contributed by atoms with E-state index in [-0.39, 0.29) is 0 Å². The van der Waals surface area contributed by atoms with Crippen molar-refractivity contribution in [3.8, 4) is 0 Å². The van der Waals surface area contributed by atoms with Gasteiger partial charge in [-0.15, -0.1) is 0 Å². The highest BCUT2D eigenvalue weighted by molar-refractivity contribution is 6.33. The number of benzene rings is 1. The summed E-state index contributed by atoms with van der Waals surface area (Å²) in [4.78, 5) is 2.51. The number of para-hydroxylation sites is 1. The predicted octanol–water partition coefficient (Wildman–Crippen LogP) is 3.09. The molecule has 0 amide bonds. The van der Waals surface area contributed by atoms with Crippen LogP contribution < -0.4 is 5.32 Å². The molecule has 88 valence electrons. The molecule has 1 heterocycles. The molecule has 1 aliphatic heterocycles. The van der Waals surface area contributed by atoms with Crippen molar-refractivity contribution in [1.82, 2.24) is 4.90 Å². The van der Waals surface area contributed by atoms with Crippen LogP contribution in [0.4, 0.5) is 5.69 Å². The Labute approximate surface area is 103 Å². The molecule has 0 spiro atoms. The van der Waals surface area contributed by atoms with Crippen molar-refractivity contribution in [2.75, 3.05) is 31.5 Å². The highest BCUT2D eigenvalue weighted by atomic mass is 35.5. The number of nitrogens with zero attached hydrogens (tertiary/aromatic N) is 1. The summed E-state index contributed by atoms with van der Waals surface area (Å²) in [6.07, 6.45) is 1.34. The fraction of sp³-hybridized carbons (Fsp3) is 0.538. The monoisotopic (exact) mass is 238 g/mol. The van der Waals surface area contributed by atoms with Crippen LogP contribution >= 0.6 is 11.6 Å². The fourth-order valence-electron chi connectivity index (χ4n) is 2.18. The van der Waals surface area contributed by atoms with Gasteiger partial charge in [-0.1, -0.05) is 30.7 Å². The molecule has 3 heteroatoms. The first-order chi connectivity index (χ1) is 7.75. The standard InChI is InChI=1S/C13H19ClN2/c1-11-6-8-16(10-11)9-7-15-13-5-3-2-4-12(13)14/h2-5,11,15H,6-10H2,1H3. The Kier molecular flexibility index (Phi) is 4.08. The van der Waals surface area contributed by atoms with Gasteiger partial charge in [-0.2, -0.15) is 0 Å². The second-order valence-corrected chi connectivity index (χ2v) is 5.01. The Morgan fingerprint density at radius 3 is 2.94 bits per heavy atom. The molecule has 1 saturated heterocycles. The zero-order chi connectivity index (χ0) is 11.4. The maximum absolute atomic E-state index is 6.07. The van der Waals surface area contributed by atoms with Gasteiger partial charge < -0.3 is 10.2 Å². The van der Waals surface area contributed by atoms with Gasteiger partial charge in [0.05, 0.1) is 10.7 Å². The summed E-state index contributed by atoms with van der Waals surface area (Å²) >= 11 is 6.07. The van der Waals surface area contributed by atoms with Gasteiger partial charge in [-0.3, -0.25) is 0 Å². The molecule has 0 bridgehead atoms. The lowest BCUT2D eigenvalue weighted by Gasteiger charge is -2.16. The summed E-state index contributed by atoms with van der Waals surface area (Å²) in [5, 5.41) is 4.18. The topological polar surface area (TPSA) is 15.3 Å². The number of hydrogen-bond acceptors (Lipinski definition) is 2. The van der Waals surface area contributed by atoms with E-state index in [0.717, 1.165) is 29.7 Å². The molecule has 1 N–H and O–H groups in total. The van der Waals surface area contributed by atoms with E-state index in [4.69, 9.17) is 11.6 Å². The Bertz CT molecular complexity index is 340. The van der Waals surface area contributed by atoms with E-state index >= 15 is 0 Å². The SMILES string of the molecule is CC1CCN(CCNc2ccccc2Cl)C1. The number of nitrogens with one attached hydrogen (secondary N) is 1. The molecule has 0 saturated carbocycles. The number of likely N-dealkylation sites (tertiary alicyclic amines) is 1. The van der Waals surface area contributed by atoms with Crippen LogP contribution in [0.3, 0.4) is 0 Å². The first-order valence-electron chi connectivity index (χ1n) is 5.96. The summed E-state index contributed by atoms with van der Waals surface area (Å²) in [5.74, 6) is 0.861. The van der Waals surface area contributed by atoms with E-state index in [9.17, 15) is 0 Å². The number of rotatable bonds is 4. The predicted molar refractivity (Wildman–Crippen MR) is 70.2 cm³/mol. The van der Waals surface area contributed by atoms with Gasteiger partial charge in [-0.25, -0.2) is 0 Å². The Morgan fingerprint density at radius 1 is 1.44 bits per heavy atom. The molecule has 0 radical (unpaired) electrons. The van der Waals surface area contributed by atoms with E-state index in [0.29, 0.717) is 0 Å². The van der Waals surface area contributed by atoms with E-state index in [1.807, 2.05) is 24.3 Å². The van der Waals surface area contributed by atoms with Crippen molar-refractivity contribution in [2.45, 2.75) is 13.3 Å². The maximum atomic E-state index is 6.07. The highest BCUT2D eigenvalue weighted by Gasteiger charge is 2.17. The van der Waals surface area contributed by atoms with E-state index < -0.39 is 0 Å². The Morgan fingerprint density at radius 2 is 2.25 bits per heavy atom. The molecule has 1 fully saturated rings. The zero-order valence-electron chi connectivity index (χ0n) is 9.75. The summed E-state index contributed by atoms with van der Waals surface area (Å²) < 4.78 is 0. The van der Waals surface area contributed by atoms with E-state index in [2.05, 4.69) is 17.1 Å². The zero-order valence-corrected chi connectivity index (χ0v) is 10.5. The van der Waals surface area contributed by atoms with Crippen molar-refractivity contribution in [2.24, 2.45) is 5.92 Å². The third-order valence-electron chi connectivity index (χ3n) is 3.13. The van der Waals surface area contributed by atoms with Gasteiger partial charge in [0.15, 0.2) is 0 Å². The highest BCUT2D eigenvalue weighted by Crippen LogP contribution is 2.20. The minimum atomic E-state index is 0.803. The second-order valence-electron chi connectivity index (χ2n) is 4.60. The maximum Gasteiger partial charge on any atom is 0.0637 e. The first kappa shape index (κ1) is 11.7. The average Bonchev–Trinajstić information content (AvgIpc) is 2.67. The molecule has 0 aliphatic carbocycles. The largest absolute Gasteiger partial charge is 0.383 e. The van der Waals surface area contributed by atoms with Crippen molar-refractivity contribution in [1.29, 1.82) is 0 Å². The Balaban J connectivity index is 1.74. The van der Waals surface area contributed by atoms with Crippen molar-refractivity contribution < 1.29 is 0 Å². The van der Waals surface area contributed by atoms with E-state index in [1.165, 1.54) is 19.5 Å². The molecule has 1 atom stereocenters. The minimum absolute atomic E-state index is 0.803. The van der Waals surface area contributed by atoms with Crippen LogP contribution in [-0.4, -0.2) is 31.1 Å². The van der Waals surface area contributed by atoms with Gasteiger partial charge in [0.2, 0.25) is 0 Å². The lowest BCUT2D eigenvalue weighted by molar-refractivity contribution is 0.341. The second kappa shape index (κ2) is 5.55. The Hall–Kier alpha value is -0.730. The van der Waals surface area contributed by atoms with Crippen molar-refractivity contribution in [3.05, 3.63) is 29.3 Å². The summed E-state index contributed by atoms with van der Waals surface area (Å²) in [5.41, 5.74) is 1.04. The molecule has 1 aromatic rings. The molecule has 2 rings (SSSR count). The van der Waals surface area contributed by atoms with Crippen molar-refractivity contribution >= 4 is 17.3 Å². The van der Waals surface area contributed by atoms with Crippen LogP contribution in [0.5, 0.6) is 0 Å². The first-order valence-corrected chi connectivity index (χ1v) is 6.34. The summed E-state index contributed by atoms with van der Waals surface area (Å²) in [6, 6.07) is 7.90. The van der Waals surface area contributed by atoms with Gasteiger partial charge in [-0.05, 0) is 31.0 Å². The fourth-order valence-corrected chi connectivity index (χ4v) is 2.39. The number of hydrogen-bond donors (Lipinski definition) is 1. The molecule has 1 aliphatic rings. The smallest absolute Gasteiger partial charge is 0.0637 e. The summed E-state index contributed by atoms with van der Waals surface area (Å²) in [6.45, 7) is 6.88. The quantitative estimate of drug-likeness (QED) is 0.867. The van der Waals surface area contributed by atoms with Gasteiger partial charge in [0, 0.05) is 19.6 Å². The number of halogens is 1. The van der Waals surface area contributed by atoms with E-state index in [1.54, 1.807) is 0 Å². The molecule has 2 nitrogen and oxygen atoms in total. The molecular formula is C13H19ClN2. The molecular weight excluding hydrogens is 220 g/mol. The van der Waals surface area contributed by atoms with Crippen LogP contribution in [0.1, 0.15) is 13.3 Å². The average molecular weight is 239 g/mol. The third-order valence-corrected chi connectivity index (χ3v) is 3.45. The molecule has 0 aromatic heterocycles. The van der Waals surface area contributed by atoms with Crippen LogP contribution in [0.25, 0.3) is 0 Å². The lowest BCUT2D eigenvalue weighted by atomic mass is 10.2. The van der Waals surface area contributed by atoms with Gasteiger partial charge >= 0.3 is 0 Å². The van der Waals surface area contributed by atoms with Crippen LogP contribution in [-0.2, 0) is 0 Å². The van der Waals surface area contributed by atoms with Crippen LogP contribution in [0.15, 0.2) is 24.3 Å². The summed E-state index contributed by atoms with van der Waals surface area (Å²) in [7, 11) is 0. The van der Waals surface area contributed by atoms with Crippen molar-refractivity contribution in [3.63, 3.8) is 0 Å². The molecule has 16 heavy (non-hydrogen) atoms. The van der Waals surface area contributed by atoms with Gasteiger partial charge in [0.25, 0.3) is 0 Å². The van der Waals surface area contributed by atoms with Crippen LogP contribution in [0, 0.1) is 5.92 Å².